The molecule has 2 aromatic rings. The van der Waals surface area contributed by atoms with E-state index in [9.17, 15) is 4.79 Å². The normalized spacial score (nSPS) is 11.7. The van der Waals surface area contributed by atoms with E-state index in [4.69, 9.17) is 0 Å². The van der Waals surface area contributed by atoms with E-state index in [1.165, 1.54) is 11.3 Å². The first-order valence-electron chi connectivity index (χ1n) is 7.60. The number of carbonyl (C=O) groups is 1. The first kappa shape index (κ1) is 17.6. The van der Waals surface area contributed by atoms with Crippen molar-refractivity contribution < 1.29 is 4.79 Å². The van der Waals surface area contributed by atoms with Crippen molar-refractivity contribution >= 4 is 17.2 Å². The van der Waals surface area contributed by atoms with E-state index >= 15 is 0 Å². The fourth-order valence-electron chi connectivity index (χ4n) is 2.51. The number of nitrogens with one attached hydrogen (secondary N) is 1. The molecule has 0 fully saturated rings. The third-order valence-corrected chi connectivity index (χ3v) is 4.44. The summed E-state index contributed by atoms with van der Waals surface area (Å²) in [7, 11) is 4.08. The lowest BCUT2D eigenvalue weighted by molar-refractivity contribution is 0.0933. The van der Waals surface area contributed by atoms with Gasteiger partial charge in [0.05, 0.1) is 15.4 Å². The molecule has 0 atom stereocenters. The summed E-state index contributed by atoms with van der Waals surface area (Å²) in [4.78, 5) is 24.7. The molecule has 0 radical (unpaired) electrons. The summed E-state index contributed by atoms with van der Waals surface area (Å²) in [6, 6.07) is 5.65. The van der Waals surface area contributed by atoms with Crippen LogP contribution in [0.3, 0.4) is 0 Å². The van der Waals surface area contributed by atoms with Crippen molar-refractivity contribution in [3.63, 3.8) is 0 Å². The molecule has 2 rings (SSSR count). The number of amides is 1. The number of nitrogens with zero attached hydrogens (tertiary/aromatic N) is 3. The summed E-state index contributed by atoms with van der Waals surface area (Å²) >= 11 is 1.45. The van der Waals surface area contributed by atoms with E-state index in [0.717, 1.165) is 22.9 Å². The van der Waals surface area contributed by atoms with Crippen LogP contribution in [0.25, 0.3) is 10.6 Å². The van der Waals surface area contributed by atoms with Gasteiger partial charge >= 0.3 is 0 Å². The van der Waals surface area contributed by atoms with E-state index in [1.54, 1.807) is 6.20 Å². The first-order chi connectivity index (χ1) is 10.8. The van der Waals surface area contributed by atoms with E-state index < -0.39 is 0 Å². The average Bonchev–Trinajstić information content (AvgIpc) is 2.93. The van der Waals surface area contributed by atoms with Gasteiger partial charge in [-0.2, -0.15) is 0 Å². The van der Waals surface area contributed by atoms with Crippen molar-refractivity contribution in [3.8, 4) is 10.6 Å². The minimum atomic E-state index is -0.0288. The maximum atomic E-state index is 12.3. The van der Waals surface area contributed by atoms with Crippen LogP contribution in [0, 0.1) is 12.3 Å². The highest BCUT2D eigenvalue weighted by molar-refractivity contribution is 7.17. The molecule has 0 aliphatic carbocycles. The highest BCUT2D eigenvalue weighted by Gasteiger charge is 2.20. The van der Waals surface area contributed by atoms with Crippen LogP contribution < -0.4 is 5.32 Å². The molecule has 0 unspecified atom stereocenters. The van der Waals surface area contributed by atoms with E-state index in [0.29, 0.717) is 11.4 Å². The Kier molecular flexibility index (Phi) is 5.49. The van der Waals surface area contributed by atoms with Gasteiger partial charge in [-0.1, -0.05) is 13.8 Å². The lowest BCUT2D eigenvalue weighted by atomic mass is 9.93. The van der Waals surface area contributed by atoms with Crippen LogP contribution in [0.15, 0.2) is 24.4 Å². The van der Waals surface area contributed by atoms with E-state index in [2.05, 4.69) is 34.0 Å². The number of thiophene rings is 1. The molecule has 6 heteroatoms. The number of carbonyl (C=O) groups excluding carboxylic acids is 1. The monoisotopic (exact) mass is 332 g/mol. The van der Waals surface area contributed by atoms with Crippen molar-refractivity contribution in [2.45, 2.75) is 20.8 Å². The van der Waals surface area contributed by atoms with Crippen LogP contribution >= 0.6 is 11.3 Å². The van der Waals surface area contributed by atoms with Gasteiger partial charge in [-0.25, -0.2) is 9.97 Å². The predicted octanol–water partition coefficient (Wildman–Crippen LogP) is 2.83. The Morgan fingerprint density at radius 1 is 1.30 bits per heavy atom. The summed E-state index contributed by atoms with van der Waals surface area (Å²) < 4.78 is 0. The largest absolute Gasteiger partial charge is 0.351 e. The molecule has 0 saturated heterocycles. The van der Waals surface area contributed by atoms with Crippen molar-refractivity contribution in [1.29, 1.82) is 0 Å². The Hall–Kier alpha value is -1.79. The molecule has 0 spiro atoms. The quantitative estimate of drug-likeness (QED) is 0.884. The van der Waals surface area contributed by atoms with Crippen molar-refractivity contribution in [3.05, 3.63) is 35.1 Å². The standard InChI is InChI=1S/C17H24N4OS/c1-12-18-9-8-13(20-12)14-6-7-15(23-14)16(22)19-10-17(2,3)11-21(4)5/h6-9H,10-11H2,1-5H3,(H,19,22). The molecule has 0 bridgehead atoms. The molecule has 2 aromatic heterocycles. The van der Waals surface area contributed by atoms with Crippen molar-refractivity contribution in [2.75, 3.05) is 27.2 Å². The summed E-state index contributed by atoms with van der Waals surface area (Å²) in [5.41, 5.74) is 0.887. The molecule has 0 aromatic carbocycles. The van der Waals surface area contributed by atoms with E-state index in [-0.39, 0.29) is 11.3 Å². The number of rotatable bonds is 6. The highest BCUT2D eigenvalue weighted by atomic mass is 32.1. The maximum absolute atomic E-state index is 12.3. The van der Waals surface area contributed by atoms with Crippen LogP contribution in [-0.4, -0.2) is 48.0 Å². The topological polar surface area (TPSA) is 58.1 Å². The Morgan fingerprint density at radius 3 is 2.70 bits per heavy atom. The van der Waals surface area contributed by atoms with Gasteiger partial charge in [0, 0.05) is 19.3 Å². The zero-order valence-electron chi connectivity index (χ0n) is 14.4. The van der Waals surface area contributed by atoms with Crippen LogP contribution in [0.4, 0.5) is 0 Å². The molecule has 0 saturated carbocycles. The van der Waals surface area contributed by atoms with Gasteiger partial charge in [-0.15, -0.1) is 11.3 Å². The Morgan fingerprint density at radius 2 is 2.04 bits per heavy atom. The Labute approximate surface area is 141 Å². The van der Waals surface area contributed by atoms with Gasteiger partial charge in [-0.05, 0) is 44.6 Å². The molecule has 1 N–H and O–H groups in total. The molecular weight excluding hydrogens is 308 g/mol. The maximum Gasteiger partial charge on any atom is 0.261 e. The minimum absolute atomic E-state index is 0.0288. The second-order valence-electron chi connectivity index (χ2n) is 6.74. The second kappa shape index (κ2) is 7.19. The lowest BCUT2D eigenvalue weighted by Gasteiger charge is -2.28. The number of aromatic nitrogens is 2. The number of aryl methyl sites for hydroxylation is 1. The number of hydrogen-bond acceptors (Lipinski definition) is 5. The van der Waals surface area contributed by atoms with Crippen molar-refractivity contribution in [1.82, 2.24) is 20.2 Å². The molecular formula is C17H24N4OS. The van der Waals surface area contributed by atoms with Crippen LogP contribution in [-0.2, 0) is 0 Å². The van der Waals surface area contributed by atoms with Crippen LogP contribution in [0.2, 0.25) is 0 Å². The molecule has 124 valence electrons. The first-order valence-corrected chi connectivity index (χ1v) is 8.41. The Balaban J connectivity index is 2.01. The van der Waals surface area contributed by atoms with E-state index in [1.807, 2.05) is 39.2 Å². The Bertz CT molecular complexity index is 679. The minimum Gasteiger partial charge on any atom is -0.351 e. The highest BCUT2D eigenvalue weighted by Crippen LogP contribution is 2.26. The molecule has 2 heterocycles. The fraction of sp³-hybridized carbons (Fsp3) is 0.471. The predicted molar refractivity (Wildman–Crippen MR) is 94.8 cm³/mol. The van der Waals surface area contributed by atoms with Gasteiger partial charge < -0.3 is 10.2 Å². The molecule has 1 amide bonds. The van der Waals surface area contributed by atoms with Crippen LogP contribution in [0.1, 0.15) is 29.3 Å². The molecule has 5 nitrogen and oxygen atoms in total. The summed E-state index contributed by atoms with van der Waals surface area (Å²) in [5.74, 6) is 0.700. The third-order valence-electron chi connectivity index (χ3n) is 3.33. The zero-order valence-corrected chi connectivity index (χ0v) is 15.2. The van der Waals surface area contributed by atoms with Crippen molar-refractivity contribution in [2.24, 2.45) is 5.41 Å². The molecule has 0 aliphatic heterocycles. The summed E-state index contributed by atoms with van der Waals surface area (Å²) in [5, 5.41) is 3.03. The number of hydrogen-bond donors (Lipinski definition) is 1. The SMILES string of the molecule is Cc1nccc(-c2ccc(C(=O)NCC(C)(C)CN(C)C)s2)n1. The smallest absolute Gasteiger partial charge is 0.261 e. The van der Waals surface area contributed by atoms with Gasteiger partial charge in [0.15, 0.2) is 0 Å². The van der Waals surface area contributed by atoms with Gasteiger partial charge in [0.25, 0.3) is 5.91 Å². The summed E-state index contributed by atoms with van der Waals surface area (Å²) in [6.07, 6.45) is 1.74. The fourth-order valence-corrected chi connectivity index (χ4v) is 3.40. The summed E-state index contributed by atoms with van der Waals surface area (Å²) in [6.45, 7) is 7.72. The van der Waals surface area contributed by atoms with Gasteiger partial charge in [-0.3, -0.25) is 4.79 Å². The average molecular weight is 332 g/mol. The lowest BCUT2D eigenvalue weighted by Crippen LogP contribution is -2.39. The second-order valence-corrected chi connectivity index (χ2v) is 7.82. The molecule has 0 aliphatic rings. The van der Waals surface area contributed by atoms with Gasteiger partial charge in [0.2, 0.25) is 0 Å². The van der Waals surface area contributed by atoms with Crippen LogP contribution in [0.5, 0.6) is 0 Å². The third kappa shape index (κ3) is 5.11. The van der Waals surface area contributed by atoms with Gasteiger partial charge in [0.1, 0.15) is 5.82 Å². The zero-order chi connectivity index (χ0) is 17.0. The molecule has 23 heavy (non-hydrogen) atoms.